The molecule has 31 heavy (non-hydrogen) atoms. The van der Waals surface area contributed by atoms with Gasteiger partial charge in [-0.1, -0.05) is 0 Å². The number of primary amides is 1. The Balaban J connectivity index is 1.74. The summed E-state index contributed by atoms with van der Waals surface area (Å²) in [6.07, 6.45) is 1.13. The SMILES string of the molecule is COc1cc(-c2cnc(N3CCC(C(N)=O)CC3)c(C(F)(F)F)c2)cn2cc(C)nc12. The minimum Gasteiger partial charge on any atom is -0.493 e. The van der Waals surface area contributed by atoms with Gasteiger partial charge in [-0.05, 0) is 31.9 Å². The minimum atomic E-state index is -4.58. The Morgan fingerprint density at radius 3 is 2.52 bits per heavy atom. The number of alkyl halides is 3. The van der Waals surface area contributed by atoms with Crippen molar-refractivity contribution in [2.75, 3.05) is 25.1 Å². The first-order valence-corrected chi connectivity index (χ1v) is 9.82. The smallest absolute Gasteiger partial charge is 0.419 e. The predicted molar refractivity (Wildman–Crippen MR) is 109 cm³/mol. The number of amides is 1. The first-order valence-electron chi connectivity index (χ1n) is 9.82. The number of imidazole rings is 1. The zero-order chi connectivity index (χ0) is 22.3. The lowest BCUT2D eigenvalue weighted by molar-refractivity contribution is -0.137. The Morgan fingerprint density at radius 1 is 1.19 bits per heavy atom. The standard InChI is InChI=1S/C21H22F3N5O2/c1-12-10-29-11-15(8-17(31-2)20(29)27-12)14-7-16(21(22,23)24)19(26-9-14)28-5-3-13(4-6-28)18(25)30/h7-11,13H,3-6H2,1-2H3,(H2,25,30). The van der Waals surface area contributed by atoms with Gasteiger partial charge in [-0.3, -0.25) is 4.79 Å². The highest BCUT2D eigenvalue weighted by atomic mass is 19.4. The topological polar surface area (TPSA) is 85.7 Å². The van der Waals surface area contributed by atoms with Gasteiger partial charge >= 0.3 is 6.18 Å². The van der Waals surface area contributed by atoms with Crippen molar-refractivity contribution < 1.29 is 22.7 Å². The molecule has 164 valence electrons. The van der Waals surface area contributed by atoms with Crippen molar-refractivity contribution in [3.05, 3.63) is 42.0 Å². The molecule has 0 unspecified atom stereocenters. The van der Waals surface area contributed by atoms with Crippen LogP contribution in [-0.4, -0.2) is 40.5 Å². The van der Waals surface area contributed by atoms with E-state index >= 15 is 0 Å². The number of piperidine rings is 1. The Labute approximate surface area is 176 Å². The number of pyridine rings is 2. The maximum atomic E-state index is 13.9. The lowest BCUT2D eigenvalue weighted by Gasteiger charge is -2.33. The van der Waals surface area contributed by atoms with E-state index in [4.69, 9.17) is 10.5 Å². The second-order valence-corrected chi connectivity index (χ2v) is 7.67. The first kappa shape index (κ1) is 21.0. The Bertz CT molecular complexity index is 1130. The molecule has 4 rings (SSSR count). The van der Waals surface area contributed by atoms with Crippen molar-refractivity contribution in [2.24, 2.45) is 11.7 Å². The van der Waals surface area contributed by atoms with Gasteiger partial charge in [-0.15, -0.1) is 0 Å². The van der Waals surface area contributed by atoms with E-state index in [9.17, 15) is 18.0 Å². The number of ether oxygens (including phenoxy) is 1. The maximum Gasteiger partial charge on any atom is 0.419 e. The molecule has 3 aromatic heterocycles. The Morgan fingerprint density at radius 2 is 1.90 bits per heavy atom. The number of rotatable bonds is 4. The summed E-state index contributed by atoms with van der Waals surface area (Å²) in [5.74, 6) is -0.414. The van der Waals surface area contributed by atoms with Crippen molar-refractivity contribution in [2.45, 2.75) is 25.9 Å². The van der Waals surface area contributed by atoms with Crippen molar-refractivity contribution in [1.29, 1.82) is 0 Å². The van der Waals surface area contributed by atoms with Gasteiger partial charge in [-0.2, -0.15) is 13.2 Å². The number of fused-ring (bicyclic) bond motifs is 1. The normalized spacial score (nSPS) is 15.5. The predicted octanol–water partition coefficient (Wildman–Crippen LogP) is 3.43. The summed E-state index contributed by atoms with van der Waals surface area (Å²) in [6, 6.07) is 2.75. The van der Waals surface area contributed by atoms with Crippen LogP contribution in [0.1, 0.15) is 24.1 Å². The fourth-order valence-corrected chi connectivity index (χ4v) is 3.95. The number of hydrogen-bond donors (Lipinski definition) is 1. The molecule has 1 saturated heterocycles. The van der Waals surface area contributed by atoms with Crippen LogP contribution < -0.4 is 15.4 Å². The van der Waals surface area contributed by atoms with Gasteiger partial charge < -0.3 is 19.8 Å². The van der Waals surface area contributed by atoms with Crippen molar-refractivity contribution >= 4 is 17.4 Å². The van der Waals surface area contributed by atoms with E-state index in [0.717, 1.165) is 11.8 Å². The minimum absolute atomic E-state index is 0.134. The number of halogens is 3. The summed E-state index contributed by atoms with van der Waals surface area (Å²) in [6.45, 7) is 2.40. The van der Waals surface area contributed by atoms with Gasteiger partial charge in [-0.25, -0.2) is 9.97 Å². The number of nitrogens with zero attached hydrogens (tertiary/aromatic N) is 4. The highest BCUT2D eigenvalue weighted by Gasteiger charge is 2.37. The molecule has 0 radical (unpaired) electrons. The fraction of sp³-hybridized carbons (Fsp3) is 0.381. The number of hydrogen-bond acceptors (Lipinski definition) is 5. The van der Waals surface area contributed by atoms with Crippen LogP contribution in [0.25, 0.3) is 16.8 Å². The quantitative estimate of drug-likeness (QED) is 0.681. The highest BCUT2D eigenvalue weighted by Crippen LogP contribution is 2.39. The largest absolute Gasteiger partial charge is 0.493 e. The molecule has 1 aliphatic rings. The van der Waals surface area contributed by atoms with Crippen molar-refractivity contribution in [3.8, 4) is 16.9 Å². The summed E-state index contributed by atoms with van der Waals surface area (Å²) in [5.41, 5.74) is 6.70. The second-order valence-electron chi connectivity index (χ2n) is 7.67. The van der Waals surface area contributed by atoms with E-state index < -0.39 is 17.6 Å². The van der Waals surface area contributed by atoms with Gasteiger partial charge in [0.1, 0.15) is 5.82 Å². The average molecular weight is 433 g/mol. The van der Waals surface area contributed by atoms with Gasteiger partial charge in [0.2, 0.25) is 5.91 Å². The number of anilines is 1. The highest BCUT2D eigenvalue weighted by molar-refractivity contribution is 5.77. The molecule has 0 spiro atoms. The van der Waals surface area contributed by atoms with Gasteiger partial charge in [0, 0.05) is 48.7 Å². The van der Waals surface area contributed by atoms with E-state index in [-0.39, 0.29) is 24.8 Å². The van der Waals surface area contributed by atoms with Gasteiger partial charge in [0.05, 0.1) is 18.4 Å². The van der Waals surface area contributed by atoms with Crippen molar-refractivity contribution in [3.63, 3.8) is 0 Å². The van der Waals surface area contributed by atoms with E-state index in [1.54, 1.807) is 27.8 Å². The number of nitrogens with two attached hydrogens (primary N) is 1. The van der Waals surface area contributed by atoms with Gasteiger partial charge in [0.25, 0.3) is 0 Å². The average Bonchev–Trinajstić information content (AvgIpc) is 3.12. The summed E-state index contributed by atoms with van der Waals surface area (Å²) in [5, 5.41) is 0. The number of carbonyl (C=O) groups is 1. The zero-order valence-corrected chi connectivity index (χ0v) is 17.1. The lowest BCUT2D eigenvalue weighted by Crippen LogP contribution is -2.39. The summed E-state index contributed by atoms with van der Waals surface area (Å²) < 4.78 is 48.9. The molecule has 0 saturated carbocycles. The summed E-state index contributed by atoms with van der Waals surface area (Å²) >= 11 is 0. The molecule has 1 aliphatic heterocycles. The summed E-state index contributed by atoms with van der Waals surface area (Å²) in [4.78, 5) is 21.5. The van der Waals surface area contributed by atoms with Crippen LogP contribution in [0.4, 0.5) is 19.0 Å². The third-order valence-corrected chi connectivity index (χ3v) is 5.56. The molecule has 0 atom stereocenters. The van der Waals surface area contributed by atoms with E-state index in [0.29, 0.717) is 35.4 Å². The van der Waals surface area contributed by atoms with Crippen LogP contribution in [0.2, 0.25) is 0 Å². The van der Waals surface area contributed by atoms with E-state index in [2.05, 4.69) is 9.97 Å². The van der Waals surface area contributed by atoms with Crippen LogP contribution >= 0.6 is 0 Å². The fourth-order valence-electron chi connectivity index (χ4n) is 3.95. The number of methoxy groups -OCH3 is 1. The van der Waals surface area contributed by atoms with Gasteiger partial charge in [0.15, 0.2) is 11.4 Å². The monoisotopic (exact) mass is 433 g/mol. The molecule has 0 aliphatic carbocycles. The third-order valence-electron chi connectivity index (χ3n) is 5.56. The maximum absolute atomic E-state index is 13.9. The molecule has 1 amide bonds. The van der Waals surface area contributed by atoms with Crippen LogP contribution in [0.3, 0.4) is 0 Å². The molecular formula is C21H22F3N5O2. The zero-order valence-electron chi connectivity index (χ0n) is 17.1. The lowest BCUT2D eigenvalue weighted by atomic mass is 9.96. The molecule has 3 aromatic rings. The van der Waals surface area contributed by atoms with Crippen LogP contribution in [-0.2, 0) is 11.0 Å². The number of aromatic nitrogens is 3. The molecular weight excluding hydrogens is 411 g/mol. The molecule has 2 N–H and O–H groups in total. The third kappa shape index (κ3) is 4.01. The number of carbonyl (C=O) groups excluding carboxylic acids is 1. The first-order chi connectivity index (χ1) is 14.7. The second kappa shape index (κ2) is 7.75. The van der Waals surface area contributed by atoms with Crippen LogP contribution in [0, 0.1) is 12.8 Å². The van der Waals surface area contributed by atoms with Crippen molar-refractivity contribution in [1.82, 2.24) is 14.4 Å². The summed E-state index contributed by atoms with van der Waals surface area (Å²) in [7, 11) is 1.49. The molecule has 7 nitrogen and oxygen atoms in total. The molecule has 4 heterocycles. The molecule has 0 aromatic carbocycles. The van der Waals surface area contributed by atoms with E-state index in [1.165, 1.54) is 13.3 Å². The van der Waals surface area contributed by atoms with Crippen LogP contribution in [0.15, 0.2) is 30.7 Å². The van der Waals surface area contributed by atoms with E-state index in [1.807, 2.05) is 6.92 Å². The Hall–Kier alpha value is -3.30. The molecule has 1 fully saturated rings. The van der Waals surface area contributed by atoms with Crippen LogP contribution in [0.5, 0.6) is 5.75 Å². The molecule has 10 heteroatoms. The molecule has 0 bridgehead atoms. The number of aryl methyl sites for hydroxylation is 1. The Kier molecular flexibility index (Phi) is 5.24.